The first-order valence-corrected chi connectivity index (χ1v) is 6.37. The van der Waals surface area contributed by atoms with Crippen LogP contribution in [0.3, 0.4) is 0 Å². The van der Waals surface area contributed by atoms with Crippen molar-refractivity contribution >= 4 is 5.91 Å². The first-order valence-electron chi connectivity index (χ1n) is 6.37. The molecule has 92 valence electrons. The summed E-state index contributed by atoms with van der Waals surface area (Å²) in [5, 5.41) is 6.33. The van der Waals surface area contributed by atoms with Crippen LogP contribution in [-0.4, -0.2) is 38.3 Å². The number of ether oxygens (including phenoxy) is 1. The SMILES string of the molecule is CC1CCOC1C(=O)NCCC1CCNC1. The second-order valence-corrected chi connectivity index (χ2v) is 5.00. The maximum atomic E-state index is 11.8. The molecule has 0 aromatic heterocycles. The van der Waals surface area contributed by atoms with Crippen LogP contribution in [0, 0.1) is 11.8 Å². The second-order valence-electron chi connectivity index (χ2n) is 5.00. The molecular weight excluding hydrogens is 204 g/mol. The van der Waals surface area contributed by atoms with Crippen LogP contribution < -0.4 is 10.6 Å². The number of hydrogen-bond donors (Lipinski definition) is 2. The molecule has 0 saturated carbocycles. The third kappa shape index (κ3) is 2.95. The summed E-state index contributed by atoms with van der Waals surface area (Å²) in [5.41, 5.74) is 0. The van der Waals surface area contributed by atoms with E-state index in [2.05, 4.69) is 17.6 Å². The standard InChI is InChI=1S/C12H22N2O2/c1-9-4-7-16-11(9)12(15)14-6-3-10-2-5-13-8-10/h9-11,13H,2-8H2,1H3,(H,14,15). The van der Waals surface area contributed by atoms with Gasteiger partial charge in [-0.2, -0.15) is 0 Å². The van der Waals surface area contributed by atoms with E-state index in [1.807, 2.05) is 0 Å². The Morgan fingerprint density at radius 1 is 1.50 bits per heavy atom. The predicted octanol–water partition coefficient (Wildman–Crippen LogP) is 0.527. The molecule has 2 N–H and O–H groups in total. The lowest BCUT2D eigenvalue weighted by molar-refractivity contribution is -0.131. The number of carbonyl (C=O) groups is 1. The lowest BCUT2D eigenvalue weighted by Crippen LogP contribution is -2.38. The summed E-state index contributed by atoms with van der Waals surface area (Å²) in [7, 11) is 0. The van der Waals surface area contributed by atoms with Gasteiger partial charge in [-0.1, -0.05) is 6.92 Å². The van der Waals surface area contributed by atoms with Gasteiger partial charge >= 0.3 is 0 Å². The Morgan fingerprint density at radius 3 is 3.00 bits per heavy atom. The quantitative estimate of drug-likeness (QED) is 0.735. The maximum Gasteiger partial charge on any atom is 0.249 e. The largest absolute Gasteiger partial charge is 0.368 e. The zero-order valence-electron chi connectivity index (χ0n) is 10.00. The van der Waals surface area contributed by atoms with Crippen molar-refractivity contribution in [1.29, 1.82) is 0 Å². The lowest BCUT2D eigenvalue weighted by atomic mass is 10.0. The highest BCUT2D eigenvalue weighted by molar-refractivity contribution is 5.81. The molecule has 2 aliphatic rings. The van der Waals surface area contributed by atoms with E-state index >= 15 is 0 Å². The van der Waals surface area contributed by atoms with Crippen molar-refractivity contribution in [3.05, 3.63) is 0 Å². The van der Waals surface area contributed by atoms with Gasteiger partial charge in [-0.3, -0.25) is 4.79 Å². The molecule has 0 aliphatic carbocycles. The van der Waals surface area contributed by atoms with Gasteiger partial charge in [0.2, 0.25) is 5.91 Å². The van der Waals surface area contributed by atoms with Gasteiger partial charge in [0.05, 0.1) is 0 Å². The van der Waals surface area contributed by atoms with Gasteiger partial charge in [-0.05, 0) is 44.2 Å². The monoisotopic (exact) mass is 226 g/mol. The minimum absolute atomic E-state index is 0.0796. The highest BCUT2D eigenvalue weighted by atomic mass is 16.5. The van der Waals surface area contributed by atoms with Crippen LogP contribution in [-0.2, 0) is 9.53 Å². The average molecular weight is 226 g/mol. The molecule has 0 radical (unpaired) electrons. The number of carbonyl (C=O) groups excluding carboxylic acids is 1. The van der Waals surface area contributed by atoms with Crippen LogP contribution in [0.4, 0.5) is 0 Å². The molecule has 4 heteroatoms. The Hall–Kier alpha value is -0.610. The van der Waals surface area contributed by atoms with Gasteiger partial charge in [0, 0.05) is 13.2 Å². The van der Waals surface area contributed by atoms with Gasteiger partial charge in [0.25, 0.3) is 0 Å². The van der Waals surface area contributed by atoms with Crippen LogP contribution in [0.5, 0.6) is 0 Å². The Kier molecular flexibility index (Phi) is 4.18. The number of hydrogen-bond acceptors (Lipinski definition) is 3. The summed E-state index contributed by atoms with van der Waals surface area (Å²) in [4.78, 5) is 11.8. The van der Waals surface area contributed by atoms with Crippen molar-refractivity contribution in [2.75, 3.05) is 26.2 Å². The van der Waals surface area contributed by atoms with E-state index in [0.29, 0.717) is 5.92 Å². The molecule has 3 atom stereocenters. The maximum absolute atomic E-state index is 11.8. The Bertz CT molecular complexity index is 239. The fraction of sp³-hybridized carbons (Fsp3) is 0.917. The minimum atomic E-state index is -0.207. The molecule has 0 bridgehead atoms. The summed E-state index contributed by atoms with van der Waals surface area (Å²) in [6, 6.07) is 0. The molecule has 4 nitrogen and oxygen atoms in total. The molecule has 2 rings (SSSR count). The molecule has 2 fully saturated rings. The Labute approximate surface area is 97.1 Å². The van der Waals surface area contributed by atoms with E-state index in [-0.39, 0.29) is 12.0 Å². The molecule has 0 aromatic rings. The normalized spacial score (nSPS) is 34.2. The highest BCUT2D eigenvalue weighted by Gasteiger charge is 2.30. The number of nitrogens with one attached hydrogen (secondary N) is 2. The molecule has 0 aromatic carbocycles. The Balaban J connectivity index is 1.63. The minimum Gasteiger partial charge on any atom is -0.368 e. The van der Waals surface area contributed by atoms with Crippen molar-refractivity contribution in [1.82, 2.24) is 10.6 Å². The van der Waals surface area contributed by atoms with E-state index in [1.165, 1.54) is 6.42 Å². The summed E-state index contributed by atoms with van der Waals surface area (Å²) in [6.07, 6.45) is 3.12. The second kappa shape index (κ2) is 5.64. The molecule has 2 saturated heterocycles. The number of amides is 1. The van der Waals surface area contributed by atoms with Gasteiger partial charge in [0.1, 0.15) is 6.10 Å². The van der Waals surface area contributed by atoms with Gasteiger partial charge in [0.15, 0.2) is 0 Å². The molecule has 1 amide bonds. The summed E-state index contributed by atoms with van der Waals surface area (Å²) >= 11 is 0. The number of rotatable bonds is 4. The molecule has 0 spiro atoms. The van der Waals surface area contributed by atoms with Crippen molar-refractivity contribution in [3.63, 3.8) is 0 Å². The van der Waals surface area contributed by atoms with E-state index in [1.54, 1.807) is 0 Å². The molecule has 16 heavy (non-hydrogen) atoms. The Morgan fingerprint density at radius 2 is 2.38 bits per heavy atom. The first kappa shape index (κ1) is 11.9. The van der Waals surface area contributed by atoms with E-state index in [0.717, 1.165) is 45.0 Å². The van der Waals surface area contributed by atoms with E-state index in [4.69, 9.17) is 4.74 Å². The van der Waals surface area contributed by atoms with Crippen LogP contribution in [0.2, 0.25) is 0 Å². The molecular formula is C12H22N2O2. The fourth-order valence-electron chi connectivity index (χ4n) is 2.49. The zero-order chi connectivity index (χ0) is 11.4. The van der Waals surface area contributed by atoms with Crippen molar-refractivity contribution in [2.24, 2.45) is 11.8 Å². The van der Waals surface area contributed by atoms with Crippen LogP contribution in [0.25, 0.3) is 0 Å². The van der Waals surface area contributed by atoms with Gasteiger partial charge in [-0.25, -0.2) is 0 Å². The predicted molar refractivity (Wildman–Crippen MR) is 62.1 cm³/mol. The summed E-state index contributed by atoms with van der Waals surface area (Å²) < 4.78 is 5.43. The highest BCUT2D eigenvalue weighted by Crippen LogP contribution is 2.20. The summed E-state index contributed by atoms with van der Waals surface area (Å²) in [5.74, 6) is 1.19. The zero-order valence-corrected chi connectivity index (χ0v) is 10.00. The topological polar surface area (TPSA) is 50.4 Å². The average Bonchev–Trinajstić information content (AvgIpc) is 2.88. The van der Waals surface area contributed by atoms with E-state index in [9.17, 15) is 4.79 Å². The van der Waals surface area contributed by atoms with Crippen molar-refractivity contribution in [2.45, 2.75) is 32.3 Å². The van der Waals surface area contributed by atoms with Crippen LogP contribution in [0.15, 0.2) is 0 Å². The third-order valence-electron chi connectivity index (χ3n) is 3.66. The van der Waals surface area contributed by atoms with E-state index < -0.39 is 0 Å². The smallest absolute Gasteiger partial charge is 0.249 e. The van der Waals surface area contributed by atoms with Crippen LogP contribution >= 0.6 is 0 Å². The third-order valence-corrected chi connectivity index (χ3v) is 3.66. The lowest BCUT2D eigenvalue weighted by Gasteiger charge is -2.15. The molecule has 2 aliphatic heterocycles. The van der Waals surface area contributed by atoms with Gasteiger partial charge < -0.3 is 15.4 Å². The fourth-order valence-corrected chi connectivity index (χ4v) is 2.49. The van der Waals surface area contributed by atoms with Crippen molar-refractivity contribution in [3.8, 4) is 0 Å². The molecule has 2 heterocycles. The molecule has 3 unspecified atom stereocenters. The van der Waals surface area contributed by atoms with Crippen molar-refractivity contribution < 1.29 is 9.53 Å². The van der Waals surface area contributed by atoms with Crippen LogP contribution in [0.1, 0.15) is 26.2 Å². The first-order chi connectivity index (χ1) is 7.77. The summed E-state index contributed by atoms with van der Waals surface area (Å²) in [6.45, 7) is 5.83. The van der Waals surface area contributed by atoms with Gasteiger partial charge in [-0.15, -0.1) is 0 Å².